The number of piperidine rings is 1. The highest BCUT2D eigenvalue weighted by molar-refractivity contribution is 7.89. The lowest BCUT2D eigenvalue weighted by molar-refractivity contribution is -0.136. The van der Waals surface area contributed by atoms with Crippen LogP contribution in [0.3, 0.4) is 0 Å². The van der Waals surface area contributed by atoms with Crippen LogP contribution in [0.4, 0.5) is 0 Å². The third kappa shape index (κ3) is 4.61. The van der Waals surface area contributed by atoms with Crippen LogP contribution in [-0.4, -0.2) is 49.2 Å². The minimum atomic E-state index is -3.40. The molecule has 7 heteroatoms. The van der Waals surface area contributed by atoms with Gasteiger partial charge in [-0.05, 0) is 31.7 Å². The van der Waals surface area contributed by atoms with Crippen molar-refractivity contribution in [3.05, 3.63) is 0 Å². The van der Waals surface area contributed by atoms with E-state index in [9.17, 15) is 13.2 Å². The predicted octanol–water partition coefficient (Wildman–Crippen LogP) is -0.148. The first-order valence-electron chi connectivity index (χ1n) is 5.85. The van der Waals surface area contributed by atoms with Crippen molar-refractivity contribution in [2.24, 2.45) is 11.7 Å². The Morgan fingerprint density at radius 3 is 2.41 bits per heavy atom. The van der Waals surface area contributed by atoms with E-state index in [1.807, 2.05) is 0 Å². The molecule has 0 aromatic heterocycles. The lowest BCUT2D eigenvalue weighted by Crippen LogP contribution is -2.40. The topological polar surface area (TPSA) is 101 Å². The monoisotopic (exact) mass is 264 g/mol. The normalized spacial score (nSPS) is 19.4. The number of carboxylic acid groups (broad SMARTS) is 1. The van der Waals surface area contributed by atoms with Gasteiger partial charge in [-0.3, -0.25) is 4.79 Å². The molecule has 1 saturated heterocycles. The third-order valence-corrected chi connectivity index (χ3v) is 4.99. The summed E-state index contributed by atoms with van der Waals surface area (Å²) in [7, 11) is -3.40. The first kappa shape index (κ1) is 14.4. The summed E-state index contributed by atoms with van der Waals surface area (Å²) in [6.07, 6.45) is 2.25. The van der Waals surface area contributed by atoms with Crippen LogP contribution in [-0.2, 0) is 14.8 Å². The Labute approximate surface area is 102 Å². The van der Waals surface area contributed by atoms with Crippen LogP contribution in [0.25, 0.3) is 0 Å². The van der Waals surface area contributed by atoms with Crippen molar-refractivity contribution in [3.63, 3.8) is 0 Å². The molecule has 1 rings (SSSR count). The fourth-order valence-corrected chi connectivity index (χ4v) is 3.52. The minimum Gasteiger partial charge on any atom is -0.481 e. The van der Waals surface area contributed by atoms with Crippen molar-refractivity contribution in [1.29, 1.82) is 0 Å². The average Bonchev–Trinajstić information content (AvgIpc) is 2.28. The number of nitrogens with zero attached hydrogens (tertiary/aromatic N) is 1. The Kier molecular flexibility index (Phi) is 5.35. The Balaban J connectivity index is 2.44. The SMILES string of the molecule is NCCC1CCN(S(=O)(=O)CCC(=O)O)CC1. The molecule has 1 fully saturated rings. The summed E-state index contributed by atoms with van der Waals surface area (Å²) in [6.45, 7) is 1.62. The smallest absolute Gasteiger partial charge is 0.304 e. The standard InChI is InChI=1S/C10H20N2O4S/c11-5-1-9-2-6-12(7-3-9)17(15,16)8-4-10(13)14/h9H,1-8,11H2,(H,13,14). The van der Waals surface area contributed by atoms with Crippen LogP contribution in [0.1, 0.15) is 25.7 Å². The Hall–Kier alpha value is -0.660. The molecule has 6 nitrogen and oxygen atoms in total. The van der Waals surface area contributed by atoms with E-state index in [-0.39, 0.29) is 12.2 Å². The van der Waals surface area contributed by atoms with Gasteiger partial charge < -0.3 is 10.8 Å². The molecule has 0 aromatic rings. The molecule has 0 aromatic carbocycles. The second kappa shape index (κ2) is 6.32. The first-order chi connectivity index (χ1) is 7.95. The second-order valence-electron chi connectivity index (χ2n) is 4.38. The Bertz CT molecular complexity index is 347. The molecular weight excluding hydrogens is 244 g/mol. The summed E-state index contributed by atoms with van der Waals surface area (Å²) in [6, 6.07) is 0. The maximum Gasteiger partial charge on any atom is 0.304 e. The highest BCUT2D eigenvalue weighted by Gasteiger charge is 2.27. The maximum absolute atomic E-state index is 11.8. The van der Waals surface area contributed by atoms with Crippen molar-refractivity contribution in [2.45, 2.75) is 25.7 Å². The Morgan fingerprint density at radius 1 is 1.35 bits per heavy atom. The van der Waals surface area contributed by atoms with Gasteiger partial charge in [-0.15, -0.1) is 0 Å². The van der Waals surface area contributed by atoms with E-state index in [1.165, 1.54) is 4.31 Å². The lowest BCUT2D eigenvalue weighted by Gasteiger charge is -2.30. The highest BCUT2D eigenvalue weighted by atomic mass is 32.2. The van der Waals surface area contributed by atoms with Crippen LogP contribution < -0.4 is 5.73 Å². The van der Waals surface area contributed by atoms with Crippen LogP contribution in [0.15, 0.2) is 0 Å². The second-order valence-corrected chi connectivity index (χ2v) is 6.47. The molecule has 0 spiro atoms. The molecule has 1 aliphatic rings. The molecule has 1 aliphatic heterocycles. The zero-order chi connectivity index (χ0) is 12.9. The largest absolute Gasteiger partial charge is 0.481 e. The summed E-state index contributed by atoms with van der Waals surface area (Å²) in [5.41, 5.74) is 5.46. The molecule has 0 bridgehead atoms. The molecule has 0 aliphatic carbocycles. The minimum absolute atomic E-state index is 0.302. The zero-order valence-electron chi connectivity index (χ0n) is 9.84. The molecule has 0 amide bonds. The highest BCUT2D eigenvalue weighted by Crippen LogP contribution is 2.22. The number of carboxylic acids is 1. The summed E-state index contributed by atoms with van der Waals surface area (Å²) in [5, 5.41) is 8.49. The molecule has 0 unspecified atom stereocenters. The van der Waals surface area contributed by atoms with E-state index < -0.39 is 16.0 Å². The fourth-order valence-electron chi connectivity index (χ4n) is 2.06. The molecule has 1 heterocycles. The number of carbonyl (C=O) groups is 1. The van der Waals surface area contributed by atoms with Crippen molar-refractivity contribution < 1.29 is 18.3 Å². The van der Waals surface area contributed by atoms with Gasteiger partial charge >= 0.3 is 5.97 Å². The van der Waals surface area contributed by atoms with Gasteiger partial charge in [0.05, 0.1) is 12.2 Å². The van der Waals surface area contributed by atoms with E-state index in [2.05, 4.69) is 0 Å². The predicted molar refractivity (Wildman–Crippen MR) is 64.0 cm³/mol. The van der Waals surface area contributed by atoms with Gasteiger partial charge in [0.2, 0.25) is 10.0 Å². The molecule has 17 heavy (non-hydrogen) atoms. The summed E-state index contributed by atoms with van der Waals surface area (Å²) < 4.78 is 25.0. The number of hydrogen-bond donors (Lipinski definition) is 2. The van der Waals surface area contributed by atoms with Crippen LogP contribution in [0.5, 0.6) is 0 Å². The van der Waals surface area contributed by atoms with Gasteiger partial charge in [0.1, 0.15) is 0 Å². The van der Waals surface area contributed by atoms with Crippen LogP contribution >= 0.6 is 0 Å². The Morgan fingerprint density at radius 2 is 1.94 bits per heavy atom. The fraction of sp³-hybridized carbons (Fsp3) is 0.900. The van der Waals surface area contributed by atoms with Gasteiger partial charge in [0.15, 0.2) is 0 Å². The maximum atomic E-state index is 11.8. The van der Waals surface area contributed by atoms with Crippen LogP contribution in [0, 0.1) is 5.92 Å². The van der Waals surface area contributed by atoms with Gasteiger partial charge in [-0.2, -0.15) is 0 Å². The first-order valence-corrected chi connectivity index (χ1v) is 7.46. The van der Waals surface area contributed by atoms with E-state index >= 15 is 0 Å². The van der Waals surface area contributed by atoms with E-state index in [1.54, 1.807) is 0 Å². The van der Waals surface area contributed by atoms with Gasteiger partial charge in [0.25, 0.3) is 0 Å². The molecule has 0 saturated carbocycles. The van der Waals surface area contributed by atoms with Crippen molar-refractivity contribution >= 4 is 16.0 Å². The summed E-state index contributed by atoms with van der Waals surface area (Å²) in [5.74, 6) is -0.873. The van der Waals surface area contributed by atoms with Gasteiger partial charge in [-0.1, -0.05) is 0 Å². The van der Waals surface area contributed by atoms with Gasteiger partial charge in [0, 0.05) is 13.1 Å². The molecule has 100 valence electrons. The van der Waals surface area contributed by atoms with Crippen LogP contribution in [0.2, 0.25) is 0 Å². The van der Waals surface area contributed by atoms with Crippen molar-refractivity contribution in [1.82, 2.24) is 4.31 Å². The van der Waals surface area contributed by atoms with E-state index in [0.29, 0.717) is 25.6 Å². The number of sulfonamides is 1. The van der Waals surface area contributed by atoms with Gasteiger partial charge in [-0.25, -0.2) is 12.7 Å². The van der Waals surface area contributed by atoms with Crippen molar-refractivity contribution in [2.75, 3.05) is 25.4 Å². The quantitative estimate of drug-likeness (QED) is 0.695. The number of hydrogen-bond acceptors (Lipinski definition) is 4. The third-order valence-electron chi connectivity index (χ3n) is 3.12. The summed E-state index contributed by atoms with van der Waals surface area (Å²) >= 11 is 0. The number of nitrogens with two attached hydrogens (primary N) is 1. The zero-order valence-corrected chi connectivity index (χ0v) is 10.7. The average molecular weight is 264 g/mol. The van der Waals surface area contributed by atoms with Crippen molar-refractivity contribution in [3.8, 4) is 0 Å². The summed E-state index contributed by atoms with van der Waals surface area (Å²) in [4.78, 5) is 10.4. The number of rotatable bonds is 6. The molecule has 0 radical (unpaired) electrons. The molecule has 3 N–H and O–H groups in total. The molecule has 0 atom stereocenters. The van der Waals surface area contributed by atoms with E-state index in [0.717, 1.165) is 19.3 Å². The number of aliphatic carboxylic acids is 1. The lowest BCUT2D eigenvalue weighted by atomic mass is 9.95. The van der Waals surface area contributed by atoms with E-state index in [4.69, 9.17) is 10.8 Å². The molecular formula is C10H20N2O4S.